The van der Waals surface area contributed by atoms with Crippen LogP contribution in [0.2, 0.25) is 0 Å². The molecule has 1 aliphatic rings. The summed E-state index contributed by atoms with van der Waals surface area (Å²) in [5.74, 6) is 1.03. The van der Waals surface area contributed by atoms with Crippen molar-refractivity contribution in [2.75, 3.05) is 17.7 Å². The lowest BCUT2D eigenvalue weighted by molar-refractivity contribution is -0.121. The average molecular weight is 250 g/mol. The summed E-state index contributed by atoms with van der Waals surface area (Å²) in [5.41, 5.74) is 9.07. The second-order valence-electron chi connectivity index (χ2n) is 4.36. The normalized spacial score (nSPS) is 17.8. The Labute approximate surface area is 106 Å². The number of hydrogen-bond donors (Lipinski definition) is 2. The van der Waals surface area contributed by atoms with E-state index in [0.717, 1.165) is 24.3 Å². The van der Waals surface area contributed by atoms with Gasteiger partial charge in [-0.2, -0.15) is 11.8 Å². The molecule has 4 heteroatoms. The molecule has 0 aliphatic heterocycles. The predicted molar refractivity (Wildman–Crippen MR) is 73.1 cm³/mol. The van der Waals surface area contributed by atoms with Crippen molar-refractivity contribution in [3.8, 4) is 0 Å². The van der Waals surface area contributed by atoms with E-state index in [0.29, 0.717) is 6.42 Å². The van der Waals surface area contributed by atoms with Gasteiger partial charge in [-0.25, -0.2) is 0 Å². The first-order valence-corrected chi connectivity index (χ1v) is 7.26. The number of anilines is 1. The molecule has 0 spiro atoms. The number of hydrogen-bond acceptors (Lipinski definition) is 3. The lowest BCUT2D eigenvalue weighted by atomic mass is 10.1. The molecule has 0 fully saturated rings. The maximum Gasteiger partial charge on any atom is 0.221 e. The van der Waals surface area contributed by atoms with E-state index in [-0.39, 0.29) is 11.9 Å². The number of nitrogens with two attached hydrogens (primary N) is 1. The molecule has 1 atom stereocenters. The highest BCUT2D eigenvalue weighted by molar-refractivity contribution is 7.98. The number of fused-ring (bicyclic) bond motifs is 1. The third-order valence-corrected chi connectivity index (χ3v) is 3.73. The quantitative estimate of drug-likeness (QED) is 0.805. The van der Waals surface area contributed by atoms with Crippen LogP contribution in [-0.2, 0) is 11.2 Å². The Morgan fingerprint density at radius 2 is 2.41 bits per heavy atom. The van der Waals surface area contributed by atoms with Gasteiger partial charge < -0.3 is 11.1 Å². The van der Waals surface area contributed by atoms with E-state index in [1.165, 1.54) is 11.1 Å². The molecule has 0 aromatic heterocycles. The van der Waals surface area contributed by atoms with E-state index < -0.39 is 0 Å². The first-order chi connectivity index (χ1) is 8.20. The minimum atomic E-state index is 0.147. The van der Waals surface area contributed by atoms with Crippen molar-refractivity contribution >= 4 is 23.4 Å². The fourth-order valence-corrected chi connectivity index (χ4v) is 2.64. The Balaban J connectivity index is 2.00. The molecule has 1 aromatic carbocycles. The van der Waals surface area contributed by atoms with Crippen molar-refractivity contribution in [2.45, 2.75) is 25.3 Å². The molecule has 1 amide bonds. The lowest BCUT2D eigenvalue weighted by Gasteiger charge is -2.14. The Hall–Kier alpha value is -1.16. The fraction of sp³-hybridized carbons (Fsp3) is 0.462. The number of aryl methyl sites for hydroxylation is 1. The van der Waals surface area contributed by atoms with Gasteiger partial charge in [0.05, 0.1) is 6.04 Å². The largest absolute Gasteiger partial charge is 0.399 e. The van der Waals surface area contributed by atoms with Crippen molar-refractivity contribution in [3.63, 3.8) is 0 Å². The van der Waals surface area contributed by atoms with Crippen LogP contribution in [0.5, 0.6) is 0 Å². The van der Waals surface area contributed by atoms with Gasteiger partial charge in [-0.15, -0.1) is 0 Å². The summed E-state index contributed by atoms with van der Waals surface area (Å²) in [6.07, 6.45) is 4.61. The highest BCUT2D eigenvalue weighted by Crippen LogP contribution is 2.32. The van der Waals surface area contributed by atoms with Crippen LogP contribution in [0.4, 0.5) is 5.69 Å². The van der Waals surface area contributed by atoms with E-state index in [2.05, 4.69) is 5.32 Å². The summed E-state index contributed by atoms with van der Waals surface area (Å²) in [6.45, 7) is 0. The summed E-state index contributed by atoms with van der Waals surface area (Å²) in [7, 11) is 0. The minimum Gasteiger partial charge on any atom is -0.399 e. The summed E-state index contributed by atoms with van der Waals surface area (Å²) >= 11 is 1.70. The standard InChI is InChI=1S/C13H18N2OS/c1-17-7-6-13(16)15-12-5-2-9-8-10(14)3-4-11(9)12/h3-4,8,12H,2,5-7,14H2,1H3,(H,15,16). The van der Waals surface area contributed by atoms with Crippen LogP contribution in [0.3, 0.4) is 0 Å². The smallest absolute Gasteiger partial charge is 0.221 e. The van der Waals surface area contributed by atoms with E-state index in [4.69, 9.17) is 5.73 Å². The maximum absolute atomic E-state index is 11.7. The van der Waals surface area contributed by atoms with Crippen molar-refractivity contribution in [2.24, 2.45) is 0 Å². The molecule has 0 radical (unpaired) electrons. The summed E-state index contributed by atoms with van der Waals surface area (Å²) in [4.78, 5) is 11.7. The Morgan fingerprint density at radius 1 is 1.59 bits per heavy atom. The van der Waals surface area contributed by atoms with Gasteiger partial charge in [-0.05, 0) is 42.4 Å². The Morgan fingerprint density at radius 3 is 3.18 bits per heavy atom. The number of nitrogens with one attached hydrogen (secondary N) is 1. The highest BCUT2D eigenvalue weighted by atomic mass is 32.2. The van der Waals surface area contributed by atoms with Crippen LogP contribution in [0.15, 0.2) is 18.2 Å². The third kappa shape index (κ3) is 2.94. The van der Waals surface area contributed by atoms with Gasteiger partial charge in [0, 0.05) is 17.9 Å². The van der Waals surface area contributed by atoms with Crippen molar-refractivity contribution in [1.29, 1.82) is 0 Å². The van der Waals surface area contributed by atoms with Crippen molar-refractivity contribution in [1.82, 2.24) is 5.32 Å². The molecule has 0 heterocycles. The molecule has 2 rings (SSSR count). The molecule has 0 saturated carbocycles. The monoisotopic (exact) mass is 250 g/mol. The van der Waals surface area contributed by atoms with E-state index in [9.17, 15) is 4.79 Å². The number of carbonyl (C=O) groups is 1. The Bertz CT molecular complexity index is 420. The van der Waals surface area contributed by atoms with Crippen LogP contribution in [0, 0.1) is 0 Å². The molecule has 17 heavy (non-hydrogen) atoms. The molecule has 3 N–H and O–H groups in total. The highest BCUT2D eigenvalue weighted by Gasteiger charge is 2.23. The topological polar surface area (TPSA) is 55.1 Å². The van der Waals surface area contributed by atoms with E-state index >= 15 is 0 Å². The molecule has 1 aliphatic carbocycles. The van der Waals surface area contributed by atoms with E-state index in [1.807, 2.05) is 24.5 Å². The zero-order valence-corrected chi connectivity index (χ0v) is 10.8. The van der Waals surface area contributed by atoms with E-state index in [1.54, 1.807) is 11.8 Å². The van der Waals surface area contributed by atoms with Crippen molar-refractivity contribution < 1.29 is 4.79 Å². The first kappa shape index (κ1) is 12.3. The SMILES string of the molecule is CSCCC(=O)NC1CCc2cc(N)ccc21. The molecule has 0 saturated heterocycles. The summed E-state index contributed by atoms with van der Waals surface area (Å²) < 4.78 is 0. The van der Waals surface area contributed by atoms with Crippen LogP contribution < -0.4 is 11.1 Å². The minimum absolute atomic E-state index is 0.147. The van der Waals surface area contributed by atoms with Gasteiger partial charge in [0.2, 0.25) is 5.91 Å². The predicted octanol–water partition coefficient (Wildman–Crippen LogP) is 2.13. The molecular weight excluding hydrogens is 232 g/mol. The molecule has 1 aromatic rings. The summed E-state index contributed by atoms with van der Waals surface area (Å²) in [5, 5.41) is 3.10. The fourth-order valence-electron chi connectivity index (χ4n) is 2.25. The molecule has 1 unspecified atom stereocenters. The average Bonchev–Trinajstić information content (AvgIpc) is 2.69. The second kappa shape index (κ2) is 5.45. The number of rotatable bonds is 4. The number of thioether (sulfide) groups is 1. The van der Waals surface area contributed by atoms with Crippen molar-refractivity contribution in [3.05, 3.63) is 29.3 Å². The van der Waals surface area contributed by atoms with Gasteiger partial charge >= 0.3 is 0 Å². The van der Waals surface area contributed by atoms with Gasteiger partial charge in [0.25, 0.3) is 0 Å². The van der Waals surface area contributed by atoms with Gasteiger partial charge in [-0.3, -0.25) is 4.79 Å². The van der Waals surface area contributed by atoms with Crippen LogP contribution in [0.1, 0.15) is 30.0 Å². The van der Waals surface area contributed by atoms with Crippen LogP contribution in [0.25, 0.3) is 0 Å². The zero-order valence-electron chi connectivity index (χ0n) is 10.0. The molecule has 0 bridgehead atoms. The van der Waals surface area contributed by atoms with Crippen LogP contribution >= 0.6 is 11.8 Å². The number of carbonyl (C=O) groups excluding carboxylic acids is 1. The summed E-state index contributed by atoms with van der Waals surface area (Å²) in [6, 6.07) is 6.14. The number of benzene rings is 1. The Kier molecular flexibility index (Phi) is 3.94. The molecular formula is C13H18N2OS. The van der Waals surface area contributed by atoms with Gasteiger partial charge in [0.1, 0.15) is 0 Å². The maximum atomic E-state index is 11.7. The van der Waals surface area contributed by atoms with Gasteiger partial charge in [-0.1, -0.05) is 6.07 Å². The van der Waals surface area contributed by atoms with Gasteiger partial charge in [0.15, 0.2) is 0 Å². The molecule has 3 nitrogen and oxygen atoms in total. The molecule has 92 valence electrons. The third-order valence-electron chi connectivity index (χ3n) is 3.11. The second-order valence-corrected chi connectivity index (χ2v) is 5.35. The lowest BCUT2D eigenvalue weighted by Crippen LogP contribution is -2.27. The zero-order chi connectivity index (χ0) is 12.3. The number of amides is 1. The van der Waals surface area contributed by atoms with Crippen LogP contribution in [-0.4, -0.2) is 17.9 Å². The number of nitrogen functional groups attached to an aromatic ring is 1. The first-order valence-electron chi connectivity index (χ1n) is 5.87.